The molecular formula is C15H16N2O3. The molecule has 0 aliphatic rings. The van der Waals surface area contributed by atoms with E-state index in [0.717, 1.165) is 5.56 Å². The number of anilines is 1. The van der Waals surface area contributed by atoms with Crippen molar-refractivity contribution < 1.29 is 14.6 Å². The summed E-state index contributed by atoms with van der Waals surface area (Å²) >= 11 is 0. The van der Waals surface area contributed by atoms with Gasteiger partial charge in [-0.2, -0.15) is 0 Å². The number of aromatic nitrogens is 1. The van der Waals surface area contributed by atoms with Gasteiger partial charge >= 0.3 is 0 Å². The number of hydrogen-bond acceptors (Lipinski definition) is 4. The lowest BCUT2D eigenvalue weighted by atomic mass is 10.1. The van der Waals surface area contributed by atoms with Crippen LogP contribution in [0.5, 0.6) is 11.6 Å². The minimum atomic E-state index is -0.300. The molecule has 1 heterocycles. The van der Waals surface area contributed by atoms with Crippen LogP contribution in [0.1, 0.15) is 22.8 Å². The number of carbonyl (C=O) groups excluding carboxylic acids is 1. The number of aryl methyl sites for hydroxylation is 1. The fourth-order valence-electron chi connectivity index (χ4n) is 1.64. The van der Waals surface area contributed by atoms with Crippen LogP contribution in [0.2, 0.25) is 0 Å². The molecule has 0 aliphatic carbocycles. The highest BCUT2D eigenvalue weighted by atomic mass is 16.5. The molecule has 0 atom stereocenters. The van der Waals surface area contributed by atoms with E-state index < -0.39 is 0 Å². The van der Waals surface area contributed by atoms with E-state index in [0.29, 0.717) is 23.7 Å². The second kappa shape index (κ2) is 6.06. The van der Waals surface area contributed by atoms with Crippen LogP contribution < -0.4 is 10.1 Å². The van der Waals surface area contributed by atoms with Crippen LogP contribution in [0.25, 0.3) is 0 Å². The number of aromatic hydroxyl groups is 1. The molecule has 0 saturated heterocycles. The van der Waals surface area contributed by atoms with Crippen molar-refractivity contribution >= 4 is 11.6 Å². The quantitative estimate of drug-likeness (QED) is 0.897. The Hall–Kier alpha value is -2.56. The van der Waals surface area contributed by atoms with Gasteiger partial charge in [-0.05, 0) is 37.6 Å². The molecule has 5 nitrogen and oxygen atoms in total. The summed E-state index contributed by atoms with van der Waals surface area (Å²) < 4.78 is 5.22. The topological polar surface area (TPSA) is 71.5 Å². The van der Waals surface area contributed by atoms with Gasteiger partial charge in [0.25, 0.3) is 5.91 Å². The van der Waals surface area contributed by atoms with Gasteiger partial charge in [-0.15, -0.1) is 0 Å². The SMILES string of the molecule is CCOc1ccc(NC(=O)c2ccc(C)c(O)c2)cn1. The average Bonchev–Trinajstić information content (AvgIpc) is 2.44. The highest BCUT2D eigenvalue weighted by Crippen LogP contribution is 2.19. The number of rotatable bonds is 4. The number of ether oxygens (including phenoxy) is 1. The molecule has 2 aromatic rings. The average molecular weight is 272 g/mol. The van der Waals surface area contributed by atoms with Crippen LogP contribution >= 0.6 is 0 Å². The smallest absolute Gasteiger partial charge is 0.255 e. The van der Waals surface area contributed by atoms with Crippen molar-refractivity contribution in [2.24, 2.45) is 0 Å². The van der Waals surface area contributed by atoms with Gasteiger partial charge in [-0.25, -0.2) is 4.98 Å². The number of pyridine rings is 1. The summed E-state index contributed by atoms with van der Waals surface area (Å²) in [6.07, 6.45) is 1.52. The van der Waals surface area contributed by atoms with Gasteiger partial charge in [-0.1, -0.05) is 6.07 Å². The van der Waals surface area contributed by atoms with E-state index >= 15 is 0 Å². The van der Waals surface area contributed by atoms with Crippen molar-refractivity contribution in [3.63, 3.8) is 0 Å². The normalized spacial score (nSPS) is 10.1. The first-order chi connectivity index (χ1) is 9.60. The van der Waals surface area contributed by atoms with Crippen molar-refractivity contribution in [1.29, 1.82) is 0 Å². The summed E-state index contributed by atoms with van der Waals surface area (Å²) in [6, 6.07) is 8.19. The molecular weight excluding hydrogens is 256 g/mol. The molecule has 5 heteroatoms. The molecule has 1 amide bonds. The lowest BCUT2D eigenvalue weighted by Crippen LogP contribution is -2.12. The van der Waals surface area contributed by atoms with E-state index in [2.05, 4.69) is 10.3 Å². The fraction of sp³-hybridized carbons (Fsp3) is 0.200. The number of nitrogens with one attached hydrogen (secondary N) is 1. The predicted octanol–water partition coefficient (Wildman–Crippen LogP) is 2.75. The van der Waals surface area contributed by atoms with Crippen molar-refractivity contribution in [2.45, 2.75) is 13.8 Å². The Morgan fingerprint density at radius 3 is 2.75 bits per heavy atom. The third-order valence-corrected chi connectivity index (χ3v) is 2.76. The molecule has 0 unspecified atom stereocenters. The van der Waals surface area contributed by atoms with Crippen LogP contribution in [0, 0.1) is 6.92 Å². The van der Waals surface area contributed by atoms with Crippen LogP contribution in [-0.4, -0.2) is 22.6 Å². The standard InChI is InChI=1S/C15H16N2O3/c1-3-20-14-7-6-12(9-16-14)17-15(19)11-5-4-10(2)13(18)8-11/h4-9,18H,3H2,1-2H3,(H,17,19). The van der Waals surface area contributed by atoms with Crippen molar-refractivity contribution in [1.82, 2.24) is 4.98 Å². The minimum absolute atomic E-state index is 0.0995. The van der Waals surface area contributed by atoms with Crippen molar-refractivity contribution in [3.8, 4) is 11.6 Å². The minimum Gasteiger partial charge on any atom is -0.508 e. The summed E-state index contributed by atoms with van der Waals surface area (Å²) in [5.41, 5.74) is 1.68. The van der Waals surface area contributed by atoms with E-state index in [1.54, 1.807) is 31.2 Å². The first-order valence-corrected chi connectivity index (χ1v) is 6.30. The van der Waals surface area contributed by atoms with Gasteiger partial charge in [-0.3, -0.25) is 4.79 Å². The van der Waals surface area contributed by atoms with Crippen LogP contribution in [-0.2, 0) is 0 Å². The Labute approximate surface area is 117 Å². The first-order valence-electron chi connectivity index (χ1n) is 6.30. The largest absolute Gasteiger partial charge is 0.508 e. The Kier molecular flexibility index (Phi) is 4.20. The van der Waals surface area contributed by atoms with E-state index in [1.165, 1.54) is 12.3 Å². The number of hydrogen-bond donors (Lipinski definition) is 2. The number of benzene rings is 1. The maximum Gasteiger partial charge on any atom is 0.255 e. The highest BCUT2D eigenvalue weighted by molar-refractivity contribution is 6.04. The molecule has 2 rings (SSSR count). The maximum absolute atomic E-state index is 12.0. The summed E-state index contributed by atoms with van der Waals surface area (Å²) in [5, 5.41) is 12.3. The van der Waals surface area contributed by atoms with Crippen molar-refractivity contribution in [3.05, 3.63) is 47.7 Å². The van der Waals surface area contributed by atoms with E-state index in [1.807, 2.05) is 6.92 Å². The van der Waals surface area contributed by atoms with Gasteiger partial charge in [0.05, 0.1) is 18.5 Å². The molecule has 0 spiro atoms. The molecule has 0 saturated carbocycles. The number of phenols is 1. The lowest BCUT2D eigenvalue weighted by Gasteiger charge is -2.07. The number of carbonyl (C=O) groups is 1. The second-order valence-electron chi connectivity index (χ2n) is 4.27. The fourth-order valence-corrected chi connectivity index (χ4v) is 1.64. The molecule has 2 N–H and O–H groups in total. The lowest BCUT2D eigenvalue weighted by molar-refractivity contribution is 0.102. The number of nitrogens with zero attached hydrogens (tertiary/aromatic N) is 1. The van der Waals surface area contributed by atoms with E-state index in [9.17, 15) is 9.90 Å². The monoisotopic (exact) mass is 272 g/mol. The van der Waals surface area contributed by atoms with Gasteiger partial charge in [0, 0.05) is 11.6 Å². The Morgan fingerprint density at radius 2 is 2.15 bits per heavy atom. The Bertz CT molecular complexity index is 609. The van der Waals surface area contributed by atoms with E-state index in [-0.39, 0.29) is 11.7 Å². The predicted molar refractivity (Wildman–Crippen MR) is 76.2 cm³/mol. The number of amides is 1. The zero-order valence-electron chi connectivity index (χ0n) is 11.4. The van der Waals surface area contributed by atoms with Gasteiger partial charge in [0.2, 0.25) is 5.88 Å². The number of phenolic OH excluding ortho intramolecular Hbond substituents is 1. The Balaban J connectivity index is 2.08. The molecule has 1 aromatic carbocycles. The van der Waals surface area contributed by atoms with Gasteiger partial charge in [0.15, 0.2) is 0 Å². The highest BCUT2D eigenvalue weighted by Gasteiger charge is 2.08. The van der Waals surface area contributed by atoms with Crippen LogP contribution in [0.3, 0.4) is 0 Å². The molecule has 1 aromatic heterocycles. The Morgan fingerprint density at radius 1 is 1.35 bits per heavy atom. The zero-order valence-corrected chi connectivity index (χ0v) is 11.4. The molecule has 0 radical (unpaired) electrons. The molecule has 0 fully saturated rings. The molecule has 104 valence electrons. The summed E-state index contributed by atoms with van der Waals surface area (Å²) in [5.74, 6) is 0.312. The third-order valence-electron chi connectivity index (χ3n) is 2.76. The summed E-state index contributed by atoms with van der Waals surface area (Å²) in [4.78, 5) is 16.1. The molecule has 0 bridgehead atoms. The third kappa shape index (κ3) is 3.26. The molecule has 20 heavy (non-hydrogen) atoms. The first kappa shape index (κ1) is 13.9. The van der Waals surface area contributed by atoms with Crippen LogP contribution in [0.15, 0.2) is 36.5 Å². The maximum atomic E-state index is 12.0. The van der Waals surface area contributed by atoms with Gasteiger partial charge < -0.3 is 15.2 Å². The van der Waals surface area contributed by atoms with Crippen molar-refractivity contribution in [2.75, 3.05) is 11.9 Å². The molecule has 0 aliphatic heterocycles. The zero-order chi connectivity index (χ0) is 14.5. The van der Waals surface area contributed by atoms with E-state index in [4.69, 9.17) is 4.74 Å². The van der Waals surface area contributed by atoms with Crippen LogP contribution in [0.4, 0.5) is 5.69 Å². The van der Waals surface area contributed by atoms with Gasteiger partial charge in [0.1, 0.15) is 5.75 Å². The summed E-state index contributed by atoms with van der Waals surface area (Å²) in [7, 11) is 0. The summed E-state index contributed by atoms with van der Waals surface area (Å²) in [6.45, 7) is 4.19. The second-order valence-corrected chi connectivity index (χ2v) is 4.27.